The smallest absolute Gasteiger partial charge is 0.232 e. The molecular formula is C11H10BrClFNO3S. The highest BCUT2D eigenvalue weighted by Crippen LogP contribution is 2.29. The van der Waals surface area contributed by atoms with Crippen LogP contribution in [0.3, 0.4) is 0 Å². The Bertz CT molecular complexity index is 622. The molecule has 1 atom stereocenters. The maximum Gasteiger partial charge on any atom is 0.232 e. The maximum absolute atomic E-state index is 13.1. The standard InChI is InChI=1S/C11H10BrClFNO3S/c12-9-4-8(1-2-10(9)14)15-5-7(3-11(15)16)6-19(13,17)18/h1-2,4,7H,3,5-6H2. The fourth-order valence-electron chi connectivity index (χ4n) is 2.08. The Kier molecular flexibility index (Phi) is 4.17. The fourth-order valence-corrected chi connectivity index (χ4v) is 3.76. The minimum Gasteiger partial charge on any atom is -0.312 e. The van der Waals surface area contributed by atoms with Crippen molar-refractivity contribution in [1.29, 1.82) is 0 Å². The molecule has 0 aliphatic carbocycles. The molecule has 19 heavy (non-hydrogen) atoms. The first-order valence-electron chi connectivity index (χ1n) is 5.44. The van der Waals surface area contributed by atoms with Gasteiger partial charge < -0.3 is 4.90 Å². The normalized spacial score (nSPS) is 20.1. The Hall–Kier alpha value is -0.660. The molecule has 2 rings (SSSR count). The van der Waals surface area contributed by atoms with Gasteiger partial charge in [0, 0.05) is 35.3 Å². The fraction of sp³-hybridized carbons (Fsp3) is 0.364. The molecule has 1 fully saturated rings. The second kappa shape index (κ2) is 5.38. The minimum absolute atomic E-state index is 0.126. The number of rotatable bonds is 3. The molecule has 1 aromatic carbocycles. The maximum atomic E-state index is 13.1. The minimum atomic E-state index is -3.63. The molecule has 1 amide bonds. The number of carbonyl (C=O) groups is 1. The average Bonchev–Trinajstić information content (AvgIpc) is 2.61. The van der Waals surface area contributed by atoms with Crippen LogP contribution in [0.15, 0.2) is 22.7 Å². The number of amides is 1. The van der Waals surface area contributed by atoms with E-state index in [1.807, 2.05) is 0 Å². The summed E-state index contributed by atoms with van der Waals surface area (Å²) in [5.74, 6) is -1.18. The number of nitrogens with zero attached hydrogens (tertiary/aromatic N) is 1. The van der Waals surface area contributed by atoms with E-state index < -0.39 is 14.9 Å². The average molecular weight is 371 g/mol. The molecule has 1 heterocycles. The van der Waals surface area contributed by atoms with E-state index in [4.69, 9.17) is 10.7 Å². The third-order valence-corrected chi connectivity index (χ3v) is 4.71. The monoisotopic (exact) mass is 369 g/mol. The Morgan fingerprint density at radius 1 is 1.47 bits per heavy atom. The van der Waals surface area contributed by atoms with Gasteiger partial charge in [0.05, 0.1) is 10.2 Å². The first-order valence-corrected chi connectivity index (χ1v) is 8.71. The molecule has 0 radical (unpaired) electrons. The third-order valence-electron chi connectivity index (χ3n) is 2.85. The van der Waals surface area contributed by atoms with Crippen molar-refractivity contribution < 1.29 is 17.6 Å². The molecule has 0 saturated carbocycles. The summed E-state index contributed by atoms with van der Waals surface area (Å²) in [7, 11) is 1.56. The van der Waals surface area contributed by atoms with E-state index in [0.717, 1.165) is 0 Å². The number of anilines is 1. The Labute approximate surface area is 123 Å². The predicted molar refractivity (Wildman–Crippen MR) is 74.2 cm³/mol. The third kappa shape index (κ3) is 3.67. The molecular weight excluding hydrogens is 361 g/mol. The Morgan fingerprint density at radius 3 is 2.74 bits per heavy atom. The second-order valence-electron chi connectivity index (χ2n) is 4.38. The van der Waals surface area contributed by atoms with Crippen molar-refractivity contribution in [2.45, 2.75) is 6.42 Å². The number of benzene rings is 1. The van der Waals surface area contributed by atoms with Gasteiger partial charge in [0.25, 0.3) is 0 Å². The number of carbonyl (C=O) groups excluding carboxylic acids is 1. The molecule has 1 aliphatic heterocycles. The van der Waals surface area contributed by atoms with Gasteiger partial charge in [-0.2, -0.15) is 0 Å². The number of hydrogen-bond acceptors (Lipinski definition) is 3. The zero-order valence-electron chi connectivity index (χ0n) is 9.64. The van der Waals surface area contributed by atoms with E-state index in [1.165, 1.54) is 23.1 Å². The van der Waals surface area contributed by atoms with E-state index >= 15 is 0 Å². The van der Waals surface area contributed by atoms with Gasteiger partial charge in [-0.15, -0.1) is 0 Å². The van der Waals surface area contributed by atoms with Crippen molar-refractivity contribution in [3.05, 3.63) is 28.5 Å². The lowest BCUT2D eigenvalue weighted by Crippen LogP contribution is -2.25. The van der Waals surface area contributed by atoms with Crippen molar-refractivity contribution in [2.75, 3.05) is 17.2 Å². The molecule has 0 N–H and O–H groups in total. The van der Waals surface area contributed by atoms with Gasteiger partial charge in [0.15, 0.2) is 0 Å². The molecule has 104 valence electrons. The van der Waals surface area contributed by atoms with Gasteiger partial charge in [-0.25, -0.2) is 12.8 Å². The summed E-state index contributed by atoms with van der Waals surface area (Å²) >= 11 is 3.05. The SMILES string of the molecule is O=C1CC(CS(=O)(=O)Cl)CN1c1ccc(F)c(Br)c1. The van der Waals surface area contributed by atoms with Gasteiger partial charge >= 0.3 is 0 Å². The zero-order valence-corrected chi connectivity index (χ0v) is 12.8. The van der Waals surface area contributed by atoms with Crippen LogP contribution in [0.5, 0.6) is 0 Å². The second-order valence-corrected chi connectivity index (χ2v) is 8.05. The topological polar surface area (TPSA) is 54.5 Å². The van der Waals surface area contributed by atoms with Gasteiger partial charge in [0.2, 0.25) is 15.0 Å². The lowest BCUT2D eigenvalue weighted by atomic mass is 10.1. The molecule has 1 aliphatic rings. The summed E-state index contributed by atoms with van der Waals surface area (Å²) in [6.07, 6.45) is 0.126. The van der Waals surface area contributed by atoms with Crippen molar-refractivity contribution in [3.63, 3.8) is 0 Å². The van der Waals surface area contributed by atoms with Crippen LogP contribution in [0.2, 0.25) is 0 Å². The number of halogens is 3. The van der Waals surface area contributed by atoms with Crippen LogP contribution in [-0.2, 0) is 13.8 Å². The van der Waals surface area contributed by atoms with Crippen molar-refractivity contribution in [3.8, 4) is 0 Å². The molecule has 4 nitrogen and oxygen atoms in total. The lowest BCUT2D eigenvalue weighted by Gasteiger charge is -2.17. The van der Waals surface area contributed by atoms with E-state index in [1.54, 1.807) is 0 Å². The molecule has 1 saturated heterocycles. The molecule has 1 aromatic rings. The summed E-state index contributed by atoms with van der Waals surface area (Å²) in [4.78, 5) is 13.3. The largest absolute Gasteiger partial charge is 0.312 e. The van der Waals surface area contributed by atoms with Crippen molar-refractivity contribution >= 4 is 47.3 Å². The van der Waals surface area contributed by atoms with E-state index in [9.17, 15) is 17.6 Å². The van der Waals surface area contributed by atoms with Crippen LogP contribution in [0, 0.1) is 11.7 Å². The van der Waals surface area contributed by atoms with Crippen LogP contribution in [0.25, 0.3) is 0 Å². The predicted octanol–water partition coefficient (Wildman–Crippen LogP) is 2.51. The molecule has 0 bridgehead atoms. The molecule has 8 heteroatoms. The molecule has 0 aromatic heterocycles. The Morgan fingerprint density at radius 2 is 2.16 bits per heavy atom. The van der Waals surface area contributed by atoms with E-state index in [2.05, 4.69) is 15.9 Å². The highest BCUT2D eigenvalue weighted by atomic mass is 79.9. The van der Waals surface area contributed by atoms with Crippen LogP contribution < -0.4 is 4.90 Å². The number of hydrogen-bond donors (Lipinski definition) is 0. The van der Waals surface area contributed by atoms with Gasteiger partial charge in [-0.1, -0.05) is 0 Å². The van der Waals surface area contributed by atoms with Crippen molar-refractivity contribution in [2.24, 2.45) is 5.92 Å². The van der Waals surface area contributed by atoms with Gasteiger partial charge in [-0.05, 0) is 34.1 Å². The van der Waals surface area contributed by atoms with Gasteiger partial charge in [0.1, 0.15) is 5.82 Å². The summed E-state index contributed by atoms with van der Waals surface area (Å²) < 4.78 is 35.4. The summed E-state index contributed by atoms with van der Waals surface area (Å²) in [5, 5.41) is 0. The van der Waals surface area contributed by atoms with E-state index in [0.29, 0.717) is 5.69 Å². The van der Waals surface area contributed by atoms with Crippen molar-refractivity contribution in [1.82, 2.24) is 0 Å². The summed E-state index contributed by atoms with van der Waals surface area (Å²) in [5.41, 5.74) is 0.535. The van der Waals surface area contributed by atoms with Crippen LogP contribution in [-0.4, -0.2) is 26.6 Å². The highest BCUT2D eigenvalue weighted by Gasteiger charge is 2.33. The van der Waals surface area contributed by atoms with Crippen LogP contribution in [0.1, 0.15) is 6.42 Å². The van der Waals surface area contributed by atoms with Crippen LogP contribution in [0.4, 0.5) is 10.1 Å². The molecule has 0 spiro atoms. The van der Waals surface area contributed by atoms with Gasteiger partial charge in [-0.3, -0.25) is 4.79 Å². The molecule has 1 unspecified atom stereocenters. The summed E-state index contributed by atoms with van der Waals surface area (Å²) in [6.45, 7) is 0.267. The Balaban J connectivity index is 2.18. The van der Waals surface area contributed by atoms with E-state index in [-0.39, 0.29) is 35.0 Å². The first-order chi connectivity index (χ1) is 8.76. The highest BCUT2D eigenvalue weighted by molar-refractivity contribution is 9.10. The van der Waals surface area contributed by atoms with Crippen LogP contribution >= 0.6 is 26.6 Å². The lowest BCUT2D eigenvalue weighted by molar-refractivity contribution is -0.117. The zero-order chi connectivity index (χ0) is 14.2. The first kappa shape index (κ1) is 14.7. The quantitative estimate of drug-likeness (QED) is 0.768. The summed E-state index contributed by atoms with van der Waals surface area (Å²) in [6, 6.07) is 4.22.